The second kappa shape index (κ2) is 14.7. The molecule has 0 spiro atoms. The number of amides is 2. The number of methoxy groups -OCH3 is 1. The monoisotopic (exact) mass is 484 g/mol. The summed E-state index contributed by atoms with van der Waals surface area (Å²) < 4.78 is 16.5. The quantitative estimate of drug-likeness (QED) is 0.303. The second-order valence-corrected chi connectivity index (χ2v) is 8.34. The van der Waals surface area contributed by atoms with E-state index in [-0.39, 0.29) is 43.6 Å². The van der Waals surface area contributed by atoms with Crippen LogP contribution in [0.1, 0.15) is 54.9 Å². The van der Waals surface area contributed by atoms with Gasteiger partial charge in [0.25, 0.3) is 5.91 Å². The minimum Gasteiger partial charge on any atom is -0.494 e. The zero-order chi connectivity index (χ0) is 25.6. The zero-order valence-corrected chi connectivity index (χ0v) is 21.1. The summed E-state index contributed by atoms with van der Waals surface area (Å²) in [6, 6.07) is 12.3. The van der Waals surface area contributed by atoms with E-state index in [9.17, 15) is 14.4 Å². The first-order valence-electron chi connectivity index (χ1n) is 11.9. The highest BCUT2D eigenvalue weighted by atomic mass is 16.5. The largest absolute Gasteiger partial charge is 0.494 e. The summed E-state index contributed by atoms with van der Waals surface area (Å²) in [7, 11) is 4.82. The van der Waals surface area contributed by atoms with E-state index in [4.69, 9.17) is 14.2 Å². The van der Waals surface area contributed by atoms with E-state index >= 15 is 0 Å². The summed E-state index contributed by atoms with van der Waals surface area (Å²) in [6.07, 6.45) is 3.50. The molecule has 1 N–H and O–H groups in total. The number of carbonyl (C=O) groups excluding carboxylic acids is 3. The summed E-state index contributed by atoms with van der Waals surface area (Å²) >= 11 is 0. The van der Waals surface area contributed by atoms with Gasteiger partial charge in [0.2, 0.25) is 5.91 Å². The van der Waals surface area contributed by atoms with Crippen LogP contribution in [0.3, 0.4) is 0 Å². The number of hydrogen-bond donors (Lipinski definition) is 1. The minimum atomic E-state index is -0.217. The van der Waals surface area contributed by atoms with Crippen LogP contribution in [-0.4, -0.2) is 56.9 Å². The van der Waals surface area contributed by atoms with Crippen molar-refractivity contribution in [3.8, 4) is 17.2 Å². The van der Waals surface area contributed by atoms with E-state index in [1.807, 2.05) is 0 Å². The molecular formula is C27H36N2O6. The van der Waals surface area contributed by atoms with Crippen LogP contribution in [0.5, 0.6) is 17.2 Å². The van der Waals surface area contributed by atoms with E-state index in [0.717, 1.165) is 30.6 Å². The Morgan fingerprint density at radius 2 is 1.66 bits per heavy atom. The normalized spacial score (nSPS) is 10.4. The van der Waals surface area contributed by atoms with Crippen LogP contribution >= 0.6 is 0 Å². The van der Waals surface area contributed by atoms with E-state index in [1.54, 1.807) is 56.6 Å². The number of likely N-dealkylation sites (N-methyl/N-ethyl adjacent to an activating group) is 1. The van der Waals surface area contributed by atoms with Crippen molar-refractivity contribution in [3.05, 3.63) is 53.6 Å². The average Bonchev–Trinajstić information content (AvgIpc) is 2.87. The molecule has 2 amide bonds. The number of ketones is 1. The Hall–Kier alpha value is -3.55. The molecule has 0 aromatic heterocycles. The van der Waals surface area contributed by atoms with Gasteiger partial charge in [-0.25, -0.2) is 0 Å². The smallest absolute Gasteiger partial charge is 0.259 e. The Morgan fingerprint density at radius 1 is 0.914 bits per heavy atom. The van der Waals surface area contributed by atoms with Gasteiger partial charge < -0.3 is 24.4 Å². The molecule has 0 aliphatic heterocycles. The van der Waals surface area contributed by atoms with E-state index < -0.39 is 0 Å². The minimum absolute atomic E-state index is 0.0897. The van der Waals surface area contributed by atoms with Crippen molar-refractivity contribution in [1.82, 2.24) is 10.2 Å². The maximum atomic E-state index is 12.4. The molecule has 0 aliphatic carbocycles. The van der Waals surface area contributed by atoms with Crippen LogP contribution in [0.2, 0.25) is 0 Å². The van der Waals surface area contributed by atoms with Crippen molar-refractivity contribution in [2.45, 2.75) is 45.6 Å². The molecule has 8 nitrogen and oxygen atoms in total. The van der Waals surface area contributed by atoms with Gasteiger partial charge in [-0.05, 0) is 48.4 Å². The van der Waals surface area contributed by atoms with Crippen molar-refractivity contribution in [2.75, 3.05) is 34.4 Å². The SMILES string of the molecule is CCCCCOc1ccc(C(=O)CCC(=O)NCc2ccc(OCC(=O)N(C)C)c(OC)c2)cc1. The third-order valence-corrected chi connectivity index (χ3v) is 5.34. The molecule has 0 radical (unpaired) electrons. The topological polar surface area (TPSA) is 94.2 Å². The molecule has 0 atom stereocenters. The van der Waals surface area contributed by atoms with Crippen LogP contribution in [0.15, 0.2) is 42.5 Å². The summed E-state index contributed by atoms with van der Waals surface area (Å²) in [5, 5.41) is 2.82. The van der Waals surface area contributed by atoms with Crippen LogP contribution in [0.4, 0.5) is 0 Å². The van der Waals surface area contributed by atoms with Crippen LogP contribution in [-0.2, 0) is 16.1 Å². The fourth-order valence-corrected chi connectivity index (χ4v) is 3.15. The highest BCUT2D eigenvalue weighted by Crippen LogP contribution is 2.28. The third kappa shape index (κ3) is 9.68. The molecule has 190 valence electrons. The molecule has 0 heterocycles. The fourth-order valence-electron chi connectivity index (χ4n) is 3.15. The number of Topliss-reactive ketones (excluding diaryl/α,β-unsaturated/α-hetero) is 1. The number of ether oxygens (including phenoxy) is 3. The summed E-state index contributed by atoms with van der Waals surface area (Å²) in [5.41, 5.74) is 1.37. The number of nitrogens with zero attached hydrogens (tertiary/aromatic N) is 1. The van der Waals surface area contributed by atoms with Gasteiger partial charge in [0.1, 0.15) is 5.75 Å². The summed E-state index contributed by atoms with van der Waals surface area (Å²) in [6.45, 7) is 3.00. The first kappa shape index (κ1) is 27.7. The highest BCUT2D eigenvalue weighted by Gasteiger charge is 2.12. The fraction of sp³-hybridized carbons (Fsp3) is 0.444. The Bertz CT molecular complexity index is 972. The number of unbranched alkanes of at least 4 members (excludes halogenated alkanes) is 2. The lowest BCUT2D eigenvalue weighted by molar-refractivity contribution is -0.130. The van der Waals surface area contributed by atoms with E-state index in [0.29, 0.717) is 23.7 Å². The molecule has 2 rings (SSSR count). The van der Waals surface area contributed by atoms with Crippen molar-refractivity contribution in [3.63, 3.8) is 0 Å². The molecule has 0 unspecified atom stereocenters. The van der Waals surface area contributed by atoms with Gasteiger partial charge in [-0.3, -0.25) is 14.4 Å². The predicted molar refractivity (Wildman–Crippen MR) is 134 cm³/mol. The Balaban J connectivity index is 1.78. The Morgan fingerprint density at radius 3 is 2.31 bits per heavy atom. The third-order valence-electron chi connectivity index (χ3n) is 5.34. The van der Waals surface area contributed by atoms with Crippen LogP contribution in [0, 0.1) is 0 Å². The number of benzene rings is 2. The molecule has 0 saturated heterocycles. The lowest BCUT2D eigenvalue weighted by Gasteiger charge is -2.14. The molecule has 0 aliphatic rings. The maximum absolute atomic E-state index is 12.4. The second-order valence-electron chi connectivity index (χ2n) is 8.34. The molecule has 35 heavy (non-hydrogen) atoms. The van der Waals surface area contributed by atoms with Gasteiger partial charge >= 0.3 is 0 Å². The molecule has 0 saturated carbocycles. The first-order chi connectivity index (χ1) is 16.8. The first-order valence-corrected chi connectivity index (χ1v) is 11.9. The van der Waals surface area contributed by atoms with Crippen molar-refractivity contribution < 1.29 is 28.6 Å². The molecule has 0 fully saturated rings. The number of hydrogen-bond acceptors (Lipinski definition) is 6. The number of nitrogens with one attached hydrogen (secondary N) is 1. The van der Waals surface area contributed by atoms with Crippen molar-refractivity contribution in [1.29, 1.82) is 0 Å². The predicted octanol–water partition coefficient (Wildman–Crippen LogP) is 4.01. The van der Waals surface area contributed by atoms with Gasteiger partial charge in [0, 0.05) is 39.0 Å². The molecule has 2 aromatic rings. The number of rotatable bonds is 15. The van der Waals surface area contributed by atoms with Crippen molar-refractivity contribution >= 4 is 17.6 Å². The maximum Gasteiger partial charge on any atom is 0.259 e. The average molecular weight is 485 g/mol. The van der Waals surface area contributed by atoms with E-state index in [2.05, 4.69) is 12.2 Å². The molecule has 8 heteroatoms. The van der Waals surface area contributed by atoms with Crippen molar-refractivity contribution in [2.24, 2.45) is 0 Å². The molecule has 0 bridgehead atoms. The Labute approximate surface area is 207 Å². The van der Waals surface area contributed by atoms with E-state index in [1.165, 1.54) is 12.0 Å². The lowest BCUT2D eigenvalue weighted by atomic mass is 10.1. The van der Waals surface area contributed by atoms with Gasteiger partial charge in [-0.1, -0.05) is 25.8 Å². The number of carbonyl (C=O) groups is 3. The van der Waals surface area contributed by atoms with Gasteiger partial charge in [-0.15, -0.1) is 0 Å². The lowest BCUT2D eigenvalue weighted by Crippen LogP contribution is -2.27. The zero-order valence-electron chi connectivity index (χ0n) is 21.1. The van der Waals surface area contributed by atoms with Crippen LogP contribution in [0.25, 0.3) is 0 Å². The highest BCUT2D eigenvalue weighted by molar-refractivity contribution is 5.98. The van der Waals surface area contributed by atoms with Gasteiger partial charge in [-0.2, -0.15) is 0 Å². The Kier molecular flexibility index (Phi) is 11.6. The summed E-state index contributed by atoms with van der Waals surface area (Å²) in [4.78, 5) is 37.8. The van der Waals surface area contributed by atoms with Gasteiger partial charge in [0.15, 0.2) is 23.9 Å². The van der Waals surface area contributed by atoms with Gasteiger partial charge in [0.05, 0.1) is 13.7 Å². The molecular weight excluding hydrogens is 448 g/mol. The summed E-state index contributed by atoms with van der Waals surface area (Å²) in [5.74, 6) is 1.19. The van der Waals surface area contributed by atoms with Crippen LogP contribution < -0.4 is 19.5 Å². The standard InChI is InChI=1S/C27H36N2O6/c1-5-6-7-16-34-22-11-9-21(10-12-22)23(30)13-15-26(31)28-18-20-8-14-24(25(17-20)33-4)35-19-27(32)29(2)3/h8-12,14,17H,5-7,13,15-16,18-19H2,1-4H3,(H,28,31). The molecule has 2 aromatic carbocycles.